The molecule has 0 unspecified atom stereocenters. The van der Waals surface area contributed by atoms with Gasteiger partial charge in [-0.2, -0.15) is 0 Å². The van der Waals surface area contributed by atoms with Crippen LogP contribution in [0.5, 0.6) is 0 Å². The molecule has 0 aromatic carbocycles. The molecule has 0 aliphatic rings. The Morgan fingerprint density at radius 3 is 1.39 bits per heavy atom. The molecule has 0 aromatic heterocycles. The van der Waals surface area contributed by atoms with Crippen LogP contribution in [0, 0.1) is 5.41 Å². The van der Waals surface area contributed by atoms with E-state index >= 15 is 0 Å². The molecule has 0 atom stereocenters. The molecule has 131 valence electrons. The molecule has 7 heteroatoms. The molecule has 0 heterocycles. The van der Waals surface area contributed by atoms with Crippen LogP contribution in [0.4, 0.5) is 0 Å². The predicted octanol–water partition coefficient (Wildman–Crippen LogP) is -0.348. The van der Waals surface area contributed by atoms with Gasteiger partial charge in [0.05, 0.1) is 5.41 Å². The zero-order valence-electron chi connectivity index (χ0n) is 13.9. The SMILES string of the molecule is CC(=O)OC(=O)C(CCCC[O-])(CCCC[O-])CCCC[O-].[Zr+3]. The molecule has 6 nitrogen and oxygen atoms in total. The number of unbranched alkanes of at least 4 members (excludes halogenated alkanes) is 3. The average Bonchev–Trinajstić information content (AvgIpc) is 2.46. The van der Waals surface area contributed by atoms with Gasteiger partial charge in [0.15, 0.2) is 0 Å². The Kier molecular flexibility index (Phi) is 16.9. The van der Waals surface area contributed by atoms with Crippen LogP contribution in [0.15, 0.2) is 0 Å². The third-order valence-electron chi connectivity index (χ3n) is 3.82. The number of carbonyl (C=O) groups excluding carboxylic acids is 2. The van der Waals surface area contributed by atoms with Crippen molar-refractivity contribution in [1.82, 2.24) is 0 Å². The maximum absolute atomic E-state index is 12.4. The molecule has 0 fully saturated rings. The average molecular weight is 407 g/mol. The van der Waals surface area contributed by atoms with Gasteiger partial charge in [0.2, 0.25) is 0 Å². The van der Waals surface area contributed by atoms with Crippen LogP contribution in [0.3, 0.4) is 0 Å². The second-order valence-electron chi connectivity index (χ2n) is 5.65. The summed E-state index contributed by atoms with van der Waals surface area (Å²) in [6.07, 6.45) is 4.47. The molecule has 0 N–H and O–H groups in total. The first-order valence-electron chi connectivity index (χ1n) is 7.99. The van der Waals surface area contributed by atoms with Gasteiger partial charge in [0, 0.05) is 6.92 Å². The fourth-order valence-electron chi connectivity index (χ4n) is 2.62. The number of carbonyl (C=O) groups is 2. The summed E-state index contributed by atoms with van der Waals surface area (Å²) >= 11 is 0. The summed E-state index contributed by atoms with van der Waals surface area (Å²) in [4.78, 5) is 23.5. The summed E-state index contributed by atoms with van der Waals surface area (Å²) in [5.41, 5.74) is -0.856. The molecule has 0 amide bonds. The smallest absolute Gasteiger partial charge is 0.854 e. The third kappa shape index (κ3) is 11.1. The first kappa shape index (κ1) is 25.1. The van der Waals surface area contributed by atoms with Crippen LogP contribution in [-0.4, -0.2) is 31.8 Å². The Balaban J connectivity index is 0. The van der Waals surface area contributed by atoms with E-state index in [2.05, 4.69) is 0 Å². The summed E-state index contributed by atoms with van der Waals surface area (Å²) in [6.45, 7) is 0.548. The van der Waals surface area contributed by atoms with Gasteiger partial charge in [-0.3, -0.25) is 9.59 Å². The zero-order chi connectivity index (χ0) is 16.8. The number of esters is 2. The quantitative estimate of drug-likeness (QED) is 0.235. The van der Waals surface area contributed by atoms with Crippen molar-refractivity contribution >= 4 is 11.9 Å². The second-order valence-corrected chi connectivity index (χ2v) is 5.65. The normalized spacial score (nSPS) is 11.0. The molecule has 0 bridgehead atoms. The van der Waals surface area contributed by atoms with Crippen molar-refractivity contribution in [1.29, 1.82) is 0 Å². The molecule has 0 saturated carbocycles. The maximum atomic E-state index is 12.4. The summed E-state index contributed by atoms with van der Waals surface area (Å²) in [7, 11) is 0. The van der Waals surface area contributed by atoms with Gasteiger partial charge in [-0.1, -0.05) is 38.5 Å². The fourth-order valence-corrected chi connectivity index (χ4v) is 2.62. The van der Waals surface area contributed by atoms with E-state index in [-0.39, 0.29) is 46.0 Å². The van der Waals surface area contributed by atoms with Crippen molar-refractivity contribution in [3.8, 4) is 0 Å². The first-order valence-corrected chi connectivity index (χ1v) is 7.99. The predicted molar refractivity (Wildman–Crippen MR) is 75.4 cm³/mol. The van der Waals surface area contributed by atoms with E-state index in [0.29, 0.717) is 57.8 Å². The molecule has 23 heavy (non-hydrogen) atoms. The van der Waals surface area contributed by atoms with Gasteiger partial charge in [-0.15, -0.1) is 19.8 Å². The van der Waals surface area contributed by atoms with E-state index in [1.807, 2.05) is 0 Å². The zero-order valence-corrected chi connectivity index (χ0v) is 16.4. The Morgan fingerprint density at radius 1 is 0.783 bits per heavy atom. The van der Waals surface area contributed by atoms with Crippen LogP contribution in [-0.2, 0) is 40.5 Å². The maximum Gasteiger partial charge on any atom is 3.00 e. The topological polar surface area (TPSA) is 113 Å². The molecular weight excluding hydrogens is 379 g/mol. The van der Waals surface area contributed by atoms with Crippen LogP contribution in [0.2, 0.25) is 0 Å². The monoisotopic (exact) mass is 405 g/mol. The van der Waals surface area contributed by atoms with Gasteiger partial charge in [-0.25, -0.2) is 0 Å². The summed E-state index contributed by atoms with van der Waals surface area (Å²) in [6, 6.07) is 0. The molecule has 0 saturated heterocycles. The van der Waals surface area contributed by atoms with Crippen LogP contribution in [0.1, 0.15) is 64.7 Å². The molecule has 1 radical (unpaired) electrons. The van der Waals surface area contributed by atoms with Gasteiger partial charge < -0.3 is 20.1 Å². The van der Waals surface area contributed by atoms with Gasteiger partial charge in [0.1, 0.15) is 0 Å². The largest absolute Gasteiger partial charge is 3.00 e. The first-order chi connectivity index (χ1) is 10.5. The molecule has 0 rings (SSSR count). The number of hydrogen-bond donors (Lipinski definition) is 0. The van der Waals surface area contributed by atoms with E-state index in [1.54, 1.807) is 0 Å². The van der Waals surface area contributed by atoms with Crippen molar-refractivity contribution in [2.75, 3.05) is 19.8 Å². The van der Waals surface area contributed by atoms with E-state index in [1.165, 1.54) is 6.92 Å². The number of ether oxygens (including phenoxy) is 1. The van der Waals surface area contributed by atoms with Crippen LogP contribution < -0.4 is 15.3 Å². The summed E-state index contributed by atoms with van der Waals surface area (Å²) in [5, 5.41) is 31.9. The van der Waals surface area contributed by atoms with Gasteiger partial charge >= 0.3 is 38.1 Å². The number of hydrogen-bond acceptors (Lipinski definition) is 6. The van der Waals surface area contributed by atoms with Gasteiger partial charge in [-0.05, 0) is 19.3 Å². The fraction of sp³-hybridized carbons (Fsp3) is 0.875. The Labute approximate surface area is 157 Å². The Hall–Kier alpha value is -0.0969. The molecule has 0 aliphatic heterocycles. The van der Waals surface area contributed by atoms with Crippen LogP contribution in [0.25, 0.3) is 0 Å². The van der Waals surface area contributed by atoms with Crippen molar-refractivity contribution in [3.05, 3.63) is 0 Å². The number of rotatable bonds is 13. The standard InChI is InChI=1S/C16H27O6.Zr/c1-14(20)22-15(21)16(8-2-5-11-17,9-3-6-12-18)10-4-7-13-19;/h2-13H2,1H3;/q-3;+3. The van der Waals surface area contributed by atoms with Crippen molar-refractivity contribution in [3.63, 3.8) is 0 Å². The Bertz CT molecular complexity index is 295. The third-order valence-corrected chi connectivity index (χ3v) is 3.82. The van der Waals surface area contributed by atoms with Crippen molar-refractivity contribution in [2.45, 2.75) is 64.7 Å². The molecular formula is C16H27O6Zr. The van der Waals surface area contributed by atoms with Crippen molar-refractivity contribution in [2.24, 2.45) is 5.41 Å². The van der Waals surface area contributed by atoms with Crippen LogP contribution >= 0.6 is 0 Å². The van der Waals surface area contributed by atoms with E-state index in [0.717, 1.165) is 0 Å². The minimum Gasteiger partial charge on any atom is -0.854 e. The Morgan fingerprint density at radius 2 is 1.13 bits per heavy atom. The summed E-state index contributed by atoms with van der Waals surface area (Å²) in [5.74, 6) is -1.24. The van der Waals surface area contributed by atoms with E-state index in [9.17, 15) is 24.9 Å². The molecule has 0 aromatic rings. The van der Waals surface area contributed by atoms with E-state index < -0.39 is 17.4 Å². The second kappa shape index (κ2) is 15.4. The van der Waals surface area contributed by atoms with Crippen molar-refractivity contribution < 1.29 is 55.8 Å². The van der Waals surface area contributed by atoms with Gasteiger partial charge in [0.25, 0.3) is 0 Å². The minimum absolute atomic E-state index is 0. The molecule has 0 aliphatic carbocycles. The van der Waals surface area contributed by atoms with E-state index in [4.69, 9.17) is 4.74 Å². The minimum atomic E-state index is -0.856. The molecule has 0 spiro atoms. The summed E-state index contributed by atoms with van der Waals surface area (Å²) < 4.78 is 4.80.